The van der Waals surface area contributed by atoms with Gasteiger partial charge in [-0.15, -0.1) is 5.92 Å². The first-order chi connectivity index (χ1) is 10.0. The molecule has 1 heterocycles. The summed E-state index contributed by atoms with van der Waals surface area (Å²) in [6, 6.07) is 2.51. The number of fused-ring (bicyclic) bond motifs is 1. The van der Waals surface area contributed by atoms with Crippen LogP contribution in [0.5, 0.6) is 0 Å². The van der Waals surface area contributed by atoms with E-state index in [1.54, 1.807) is 11.5 Å². The van der Waals surface area contributed by atoms with Crippen molar-refractivity contribution in [1.82, 2.24) is 4.57 Å². The topological polar surface area (TPSA) is 59.3 Å². The van der Waals surface area contributed by atoms with Crippen LogP contribution in [0, 0.1) is 17.7 Å². The third-order valence-electron chi connectivity index (χ3n) is 3.52. The number of carboxylic acid groups (broad SMARTS) is 1. The molecule has 2 aromatic rings. The van der Waals surface area contributed by atoms with Crippen molar-refractivity contribution in [3.8, 4) is 11.8 Å². The summed E-state index contributed by atoms with van der Waals surface area (Å²) in [7, 11) is 0. The maximum Gasteiger partial charge on any atom is 0.341 e. The van der Waals surface area contributed by atoms with Crippen LogP contribution in [0.3, 0.4) is 0 Å². The molecule has 1 N–H and O–H groups in total. The first kappa shape index (κ1) is 13.4. The molecule has 0 aliphatic heterocycles. The molecule has 1 aliphatic rings. The highest BCUT2D eigenvalue weighted by Crippen LogP contribution is 2.37. The molecule has 106 valence electrons. The first-order valence-electron chi connectivity index (χ1n) is 6.57. The fourth-order valence-electron chi connectivity index (χ4n) is 2.48. The molecule has 1 aliphatic carbocycles. The Morgan fingerprint density at radius 2 is 2.14 bits per heavy atom. The Morgan fingerprint density at radius 3 is 2.71 bits per heavy atom. The molecule has 1 fully saturated rings. The third kappa shape index (κ3) is 2.19. The monoisotopic (exact) mass is 285 g/mol. The number of aromatic carboxylic acids is 1. The van der Waals surface area contributed by atoms with Gasteiger partial charge in [-0.2, -0.15) is 0 Å². The zero-order valence-electron chi connectivity index (χ0n) is 11.3. The summed E-state index contributed by atoms with van der Waals surface area (Å²) in [5.74, 6) is 3.59. The molecule has 0 unspecified atom stereocenters. The van der Waals surface area contributed by atoms with Crippen molar-refractivity contribution in [2.24, 2.45) is 0 Å². The van der Waals surface area contributed by atoms with Gasteiger partial charge in [-0.25, -0.2) is 9.18 Å². The minimum Gasteiger partial charge on any atom is -0.477 e. The number of halogens is 1. The second-order valence-electron chi connectivity index (χ2n) is 5.04. The molecule has 4 nitrogen and oxygen atoms in total. The van der Waals surface area contributed by atoms with Crippen LogP contribution in [-0.2, 0) is 0 Å². The van der Waals surface area contributed by atoms with Crippen LogP contribution < -0.4 is 5.43 Å². The van der Waals surface area contributed by atoms with Crippen molar-refractivity contribution in [2.75, 3.05) is 0 Å². The summed E-state index contributed by atoms with van der Waals surface area (Å²) in [5.41, 5.74) is -0.0832. The van der Waals surface area contributed by atoms with E-state index in [1.165, 1.54) is 12.3 Å². The second-order valence-corrected chi connectivity index (χ2v) is 5.04. The molecule has 3 rings (SSSR count). The van der Waals surface area contributed by atoms with E-state index in [1.807, 2.05) is 0 Å². The Balaban J connectivity index is 2.51. The fraction of sp³-hybridized carbons (Fsp3) is 0.250. The molecule has 1 aromatic carbocycles. The fourth-order valence-corrected chi connectivity index (χ4v) is 2.48. The Kier molecular flexibility index (Phi) is 3.02. The average molecular weight is 285 g/mol. The van der Waals surface area contributed by atoms with Crippen molar-refractivity contribution in [2.45, 2.75) is 25.8 Å². The highest BCUT2D eigenvalue weighted by atomic mass is 19.1. The van der Waals surface area contributed by atoms with E-state index in [2.05, 4.69) is 11.8 Å². The van der Waals surface area contributed by atoms with E-state index in [0.717, 1.165) is 18.9 Å². The molecule has 0 bridgehead atoms. The van der Waals surface area contributed by atoms with Crippen molar-refractivity contribution in [3.63, 3.8) is 0 Å². The van der Waals surface area contributed by atoms with E-state index in [0.29, 0.717) is 11.1 Å². The second kappa shape index (κ2) is 4.74. The van der Waals surface area contributed by atoms with Gasteiger partial charge in [0.05, 0.1) is 16.5 Å². The van der Waals surface area contributed by atoms with Crippen LogP contribution >= 0.6 is 0 Å². The number of aromatic nitrogens is 1. The van der Waals surface area contributed by atoms with E-state index < -0.39 is 17.2 Å². The highest BCUT2D eigenvalue weighted by molar-refractivity contribution is 5.94. The van der Waals surface area contributed by atoms with Gasteiger partial charge in [-0.3, -0.25) is 4.79 Å². The quantitative estimate of drug-likeness (QED) is 0.863. The Hall–Kier alpha value is -2.61. The van der Waals surface area contributed by atoms with Crippen LogP contribution in [0.1, 0.15) is 41.7 Å². The molecule has 0 amide bonds. The SMILES string of the molecule is CC#Cc1cc(F)cc2c(=O)c(C(=O)O)cn(C3CC3)c12. The summed E-state index contributed by atoms with van der Waals surface area (Å²) < 4.78 is 15.5. The Morgan fingerprint density at radius 1 is 1.43 bits per heavy atom. The summed E-state index contributed by atoms with van der Waals surface area (Å²) in [5, 5.41) is 9.23. The van der Waals surface area contributed by atoms with Crippen LogP contribution in [0.25, 0.3) is 10.9 Å². The molecule has 0 atom stereocenters. The molecular formula is C16H12FNO3. The minimum absolute atomic E-state index is 0.0690. The number of hydrogen-bond donors (Lipinski definition) is 1. The van der Waals surface area contributed by atoms with E-state index in [9.17, 15) is 14.0 Å². The Labute approximate surface area is 119 Å². The van der Waals surface area contributed by atoms with E-state index >= 15 is 0 Å². The zero-order valence-corrected chi connectivity index (χ0v) is 11.3. The van der Waals surface area contributed by atoms with Crippen LogP contribution in [0.15, 0.2) is 23.1 Å². The summed E-state index contributed by atoms with van der Waals surface area (Å²) in [6.07, 6.45) is 3.17. The van der Waals surface area contributed by atoms with Crippen molar-refractivity contribution < 1.29 is 14.3 Å². The number of benzene rings is 1. The zero-order chi connectivity index (χ0) is 15.1. The summed E-state index contributed by atoms with van der Waals surface area (Å²) in [4.78, 5) is 23.5. The molecule has 0 radical (unpaired) electrons. The molecule has 21 heavy (non-hydrogen) atoms. The van der Waals surface area contributed by atoms with E-state index in [4.69, 9.17) is 5.11 Å². The minimum atomic E-state index is -1.30. The molecule has 5 heteroatoms. The van der Waals surface area contributed by atoms with Gasteiger partial charge in [0.15, 0.2) is 0 Å². The highest BCUT2D eigenvalue weighted by Gasteiger charge is 2.27. The number of nitrogens with zero attached hydrogens (tertiary/aromatic N) is 1. The van der Waals surface area contributed by atoms with Gasteiger partial charge in [0.2, 0.25) is 5.43 Å². The molecule has 0 spiro atoms. The van der Waals surface area contributed by atoms with Crippen molar-refractivity contribution in [1.29, 1.82) is 0 Å². The van der Waals surface area contributed by atoms with Crippen molar-refractivity contribution >= 4 is 16.9 Å². The lowest BCUT2D eigenvalue weighted by Crippen LogP contribution is -2.19. The van der Waals surface area contributed by atoms with Gasteiger partial charge in [0.25, 0.3) is 0 Å². The third-order valence-corrected chi connectivity index (χ3v) is 3.52. The number of pyridine rings is 1. The van der Waals surface area contributed by atoms with Gasteiger partial charge in [0.1, 0.15) is 11.4 Å². The number of rotatable bonds is 2. The molecule has 1 aromatic heterocycles. The summed E-state index contributed by atoms with van der Waals surface area (Å²) >= 11 is 0. The largest absolute Gasteiger partial charge is 0.477 e. The van der Waals surface area contributed by atoms with Crippen molar-refractivity contribution in [3.05, 3.63) is 45.5 Å². The van der Waals surface area contributed by atoms with Crippen LogP contribution in [0.4, 0.5) is 4.39 Å². The van der Waals surface area contributed by atoms with Gasteiger partial charge >= 0.3 is 5.97 Å². The maximum atomic E-state index is 13.7. The normalized spacial score (nSPS) is 13.8. The lowest BCUT2D eigenvalue weighted by molar-refractivity contribution is 0.0695. The average Bonchev–Trinajstić information content (AvgIpc) is 3.24. The molecular weight excluding hydrogens is 273 g/mol. The standard InChI is InChI=1S/C16H12FNO3/c1-2-3-9-6-10(17)7-12-14(9)18(11-4-5-11)8-13(15(12)19)16(20)21/h6-8,11H,4-5H2,1H3,(H,20,21). The predicted octanol–water partition coefficient (Wildman–Crippen LogP) is 2.55. The van der Waals surface area contributed by atoms with Crippen LogP contribution in [0.2, 0.25) is 0 Å². The van der Waals surface area contributed by atoms with E-state index in [-0.39, 0.29) is 17.0 Å². The van der Waals surface area contributed by atoms with Gasteiger partial charge in [0, 0.05) is 12.2 Å². The molecule has 1 saturated carbocycles. The van der Waals surface area contributed by atoms with Crippen LogP contribution in [-0.4, -0.2) is 15.6 Å². The Bertz CT molecular complexity index is 882. The lowest BCUT2D eigenvalue weighted by Gasteiger charge is -2.13. The van der Waals surface area contributed by atoms with Gasteiger partial charge in [-0.1, -0.05) is 5.92 Å². The number of hydrogen-bond acceptors (Lipinski definition) is 2. The summed E-state index contributed by atoms with van der Waals surface area (Å²) in [6.45, 7) is 1.63. The number of carboxylic acids is 1. The maximum absolute atomic E-state index is 13.7. The number of carbonyl (C=O) groups is 1. The lowest BCUT2D eigenvalue weighted by atomic mass is 10.1. The first-order valence-corrected chi connectivity index (χ1v) is 6.57. The van der Waals surface area contributed by atoms with Gasteiger partial charge in [-0.05, 0) is 31.9 Å². The predicted molar refractivity (Wildman–Crippen MR) is 75.9 cm³/mol. The smallest absolute Gasteiger partial charge is 0.341 e. The van der Waals surface area contributed by atoms with Gasteiger partial charge < -0.3 is 9.67 Å². The molecule has 0 saturated heterocycles.